The maximum atomic E-state index is 12.9. The van der Waals surface area contributed by atoms with E-state index in [1.807, 2.05) is 31.2 Å². The van der Waals surface area contributed by atoms with E-state index < -0.39 is 11.4 Å². The average Bonchev–Trinajstić information content (AvgIpc) is 2.68. The molecule has 6 nitrogen and oxygen atoms in total. The topological polar surface area (TPSA) is 72.9 Å². The second-order valence-corrected chi connectivity index (χ2v) is 7.10. The van der Waals surface area contributed by atoms with Gasteiger partial charge in [-0.1, -0.05) is 24.3 Å². The van der Waals surface area contributed by atoms with Crippen molar-refractivity contribution in [3.05, 3.63) is 35.4 Å². The normalized spacial score (nSPS) is 19.4. The van der Waals surface area contributed by atoms with Crippen molar-refractivity contribution in [1.29, 1.82) is 0 Å². The van der Waals surface area contributed by atoms with Gasteiger partial charge in [-0.25, -0.2) is 0 Å². The Balaban J connectivity index is 2.20. The largest absolute Gasteiger partial charge is 0.469 e. The SMILES string of the molecule is CCOC(=O)[C@]1(Cc2ccccc2C)CCCN(C(=O)CCC(=O)OC)C1. The van der Waals surface area contributed by atoms with E-state index >= 15 is 0 Å². The van der Waals surface area contributed by atoms with Gasteiger partial charge in [-0.05, 0) is 44.2 Å². The molecule has 1 amide bonds. The summed E-state index contributed by atoms with van der Waals surface area (Å²) in [5, 5.41) is 0. The van der Waals surface area contributed by atoms with Gasteiger partial charge in [0.2, 0.25) is 5.91 Å². The van der Waals surface area contributed by atoms with Crippen molar-refractivity contribution >= 4 is 17.8 Å². The van der Waals surface area contributed by atoms with Crippen LogP contribution in [0, 0.1) is 12.3 Å². The summed E-state index contributed by atoms with van der Waals surface area (Å²) >= 11 is 0. The maximum absolute atomic E-state index is 12.9. The zero-order valence-corrected chi connectivity index (χ0v) is 16.5. The number of piperidine rings is 1. The van der Waals surface area contributed by atoms with Crippen LogP contribution in [0.3, 0.4) is 0 Å². The average molecular weight is 375 g/mol. The van der Waals surface area contributed by atoms with Gasteiger partial charge >= 0.3 is 11.9 Å². The molecule has 0 bridgehead atoms. The number of ether oxygens (including phenoxy) is 2. The lowest BCUT2D eigenvalue weighted by atomic mass is 9.74. The molecule has 0 aliphatic carbocycles. The van der Waals surface area contributed by atoms with Crippen LogP contribution in [-0.2, 0) is 30.3 Å². The van der Waals surface area contributed by atoms with E-state index in [1.54, 1.807) is 11.8 Å². The molecular formula is C21H29NO5. The maximum Gasteiger partial charge on any atom is 0.314 e. The zero-order valence-electron chi connectivity index (χ0n) is 16.5. The third kappa shape index (κ3) is 5.31. The van der Waals surface area contributed by atoms with E-state index in [0.29, 0.717) is 32.5 Å². The number of methoxy groups -OCH3 is 1. The van der Waals surface area contributed by atoms with Crippen molar-refractivity contribution in [2.45, 2.75) is 46.0 Å². The first-order chi connectivity index (χ1) is 12.9. The minimum absolute atomic E-state index is 0.0516. The highest BCUT2D eigenvalue weighted by Gasteiger charge is 2.44. The van der Waals surface area contributed by atoms with Gasteiger partial charge in [-0.15, -0.1) is 0 Å². The molecule has 0 aromatic heterocycles. The molecule has 0 unspecified atom stereocenters. The van der Waals surface area contributed by atoms with Crippen molar-refractivity contribution in [2.75, 3.05) is 26.8 Å². The number of benzene rings is 1. The van der Waals surface area contributed by atoms with E-state index in [2.05, 4.69) is 4.74 Å². The highest BCUT2D eigenvalue weighted by atomic mass is 16.5. The lowest BCUT2D eigenvalue weighted by Gasteiger charge is -2.41. The second-order valence-electron chi connectivity index (χ2n) is 7.10. The second kappa shape index (κ2) is 9.53. The highest BCUT2D eigenvalue weighted by Crippen LogP contribution is 2.36. The lowest BCUT2D eigenvalue weighted by molar-refractivity contribution is -0.161. The molecule has 0 spiro atoms. The molecule has 0 radical (unpaired) electrons. The Labute approximate surface area is 160 Å². The van der Waals surface area contributed by atoms with Crippen LogP contribution in [0.4, 0.5) is 0 Å². The molecule has 1 heterocycles. The predicted octanol–water partition coefficient (Wildman–Crippen LogP) is 2.66. The number of likely N-dealkylation sites (tertiary alicyclic amines) is 1. The quantitative estimate of drug-likeness (QED) is 0.685. The molecule has 1 fully saturated rings. The Morgan fingerprint density at radius 1 is 1.19 bits per heavy atom. The fourth-order valence-corrected chi connectivity index (χ4v) is 3.65. The van der Waals surface area contributed by atoms with E-state index in [1.165, 1.54) is 7.11 Å². The van der Waals surface area contributed by atoms with E-state index in [4.69, 9.17) is 4.74 Å². The third-order valence-electron chi connectivity index (χ3n) is 5.20. The molecule has 2 rings (SSSR count). The molecule has 148 valence electrons. The van der Waals surface area contributed by atoms with E-state index in [9.17, 15) is 14.4 Å². The van der Waals surface area contributed by atoms with Crippen molar-refractivity contribution < 1.29 is 23.9 Å². The summed E-state index contributed by atoms with van der Waals surface area (Å²) in [6.07, 6.45) is 2.10. The van der Waals surface area contributed by atoms with Gasteiger partial charge in [0.15, 0.2) is 0 Å². The number of esters is 2. The highest BCUT2D eigenvalue weighted by molar-refractivity contribution is 5.83. The molecule has 27 heavy (non-hydrogen) atoms. The summed E-state index contributed by atoms with van der Waals surface area (Å²) in [6.45, 7) is 5.04. The van der Waals surface area contributed by atoms with Crippen LogP contribution in [0.2, 0.25) is 0 Å². The third-order valence-corrected chi connectivity index (χ3v) is 5.20. The summed E-state index contributed by atoms with van der Waals surface area (Å²) < 4.78 is 10.00. The monoisotopic (exact) mass is 375 g/mol. The molecule has 1 saturated heterocycles. The first-order valence-corrected chi connectivity index (χ1v) is 9.48. The summed E-state index contributed by atoms with van der Waals surface area (Å²) in [6, 6.07) is 7.98. The van der Waals surface area contributed by atoms with Crippen LogP contribution >= 0.6 is 0 Å². The summed E-state index contributed by atoms with van der Waals surface area (Å²) in [4.78, 5) is 38.5. The number of amides is 1. The minimum Gasteiger partial charge on any atom is -0.469 e. The van der Waals surface area contributed by atoms with Gasteiger partial charge in [0, 0.05) is 19.5 Å². The molecule has 1 aromatic carbocycles. The fourth-order valence-electron chi connectivity index (χ4n) is 3.65. The van der Waals surface area contributed by atoms with Crippen LogP contribution in [0.1, 0.15) is 43.7 Å². The number of hydrogen-bond donors (Lipinski definition) is 0. The van der Waals surface area contributed by atoms with Gasteiger partial charge in [0.1, 0.15) is 0 Å². The van der Waals surface area contributed by atoms with Crippen molar-refractivity contribution in [3.8, 4) is 0 Å². The Kier molecular flexibility index (Phi) is 7.39. The number of nitrogens with zero attached hydrogens (tertiary/aromatic N) is 1. The van der Waals surface area contributed by atoms with Gasteiger partial charge < -0.3 is 14.4 Å². The van der Waals surface area contributed by atoms with Gasteiger partial charge in [0.05, 0.1) is 25.6 Å². The number of carbonyl (C=O) groups excluding carboxylic acids is 3. The van der Waals surface area contributed by atoms with E-state index in [0.717, 1.165) is 17.5 Å². The number of carbonyl (C=O) groups is 3. The lowest BCUT2D eigenvalue weighted by Crippen LogP contribution is -2.51. The Bertz CT molecular complexity index is 687. The van der Waals surface area contributed by atoms with Gasteiger partial charge in [-0.2, -0.15) is 0 Å². The molecule has 1 atom stereocenters. The van der Waals surface area contributed by atoms with Crippen LogP contribution in [0.25, 0.3) is 0 Å². The van der Waals surface area contributed by atoms with Crippen LogP contribution < -0.4 is 0 Å². The molecule has 6 heteroatoms. The Morgan fingerprint density at radius 2 is 1.93 bits per heavy atom. The smallest absolute Gasteiger partial charge is 0.314 e. The molecule has 1 aliphatic rings. The predicted molar refractivity (Wildman–Crippen MR) is 101 cm³/mol. The zero-order chi connectivity index (χ0) is 19.9. The number of hydrogen-bond acceptors (Lipinski definition) is 5. The molecule has 1 aliphatic heterocycles. The standard InChI is InChI=1S/C21H29NO5/c1-4-27-20(25)21(14-17-9-6-5-8-16(17)2)12-7-13-22(15-21)18(23)10-11-19(24)26-3/h5-6,8-9H,4,7,10-15H2,1-3H3/t21-/m0/s1. The number of aryl methyl sites for hydroxylation is 1. The van der Waals surface area contributed by atoms with E-state index in [-0.39, 0.29) is 24.7 Å². The first kappa shape index (κ1) is 20.9. The van der Waals surface area contributed by atoms with Gasteiger partial charge in [-0.3, -0.25) is 14.4 Å². The molecular weight excluding hydrogens is 346 g/mol. The van der Waals surface area contributed by atoms with Crippen molar-refractivity contribution in [2.24, 2.45) is 5.41 Å². The van der Waals surface area contributed by atoms with Crippen LogP contribution in [0.5, 0.6) is 0 Å². The molecule has 0 saturated carbocycles. The molecule has 0 N–H and O–H groups in total. The van der Waals surface area contributed by atoms with Crippen molar-refractivity contribution in [1.82, 2.24) is 4.90 Å². The van der Waals surface area contributed by atoms with Crippen LogP contribution in [-0.4, -0.2) is 49.6 Å². The summed E-state index contributed by atoms with van der Waals surface area (Å²) in [7, 11) is 1.31. The minimum atomic E-state index is -0.749. The summed E-state index contributed by atoms with van der Waals surface area (Å²) in [5.74, 6) is -0.783. The van der Waals surface area contributed by atoms with Crippen molar-refractivity contribution in [3.63, 3.8) is 0 Å². The summed E-state index contributed by atoms with van der Waals surface area (Å²) in [5.41, 5.74) is 1.46. The Hall–Kier alpha value is -2.37. The Morgan fingerprint density at radius 3 is 2.59 bits per heavy atom. The molecule has 1 aromatic rings. The number of rotatable bonds is 7. The van der Waals surface area contributed by atoms with Crippen LogP contribution in [0.15, 0.2) is 24.3 Å². The fraction of sp³-hybridized carbons (Fsp3) is 0.571. The first-order valence-electron chi connectivity index (χ1n) is 9.48. The van der Waals surface area contributed by atoms with Gasteiger partial charge in [0.25, 0.3) is 0 Å².